The Morgan fingerprint density at radius 1 is 1.05 bits per heavy atom. The van der Waals surface area contributed by atoms with E-state index in [1.54, 1.807) is 12.1 Å². The number of hydrogen-bond donors (Lipinski definition) is 0. The van der Waals surface area contributed by atoms with E-state index in [1.807, 2.05) is 24.3 Å². The second-order valence-corrected chi connectivity index (χ2v) is 11.0. The van der Waals surface area contributed by atoms with Gasteiger partial charge < -0.3 is 9.12 Å². The molecule has 1 saturated carbocycles. The standard InChI is InChI=1S/C31H35N3O3S/c1-4-8-25-18-21(3)28-19-26(9-5-2)33(30(28)32-25)20-22-12-14-23(15-13-22)27-10-6-7-11-29(27)34(38(36)37)31(35)24-16-17-24/h6-7,10-15,18-19,24H,4-5,8-9,16-17,20H2,1-3H3,(H,36,37)/p-1. The van der Waals surface area contributed by atoms with Gasteiger partial charge in [-0.1, -0.05) is 69.2 Å². The fourth-order valence-electron chi connectivity index (χ4n) is 5.16. The van der Waals surface area contributed by atoms with E-state index in [4.69, 9.17) is 4.98 Å². The van der Waals surface area contributed by atoms with Crippen LogP contribution >= 0.6 is 0 Å². The molecule has 1 unspecified atom stereocenters. The van der Waals surface area contributed by atoms with Crippen molar-refractivity contribution < 1.29 is 13.6 Å². The summed E-state index contributed by atoms with van der Waals surface area (Å²) in [5.41, 5.74) is 7.85. The van der Waals surface area contributed by atoms with E-state index in [-0.39, 0.29) is 11.8 Å². The van der Waals surface area contributed by atoms with Crippen molar-refractivity contribution in [3.8, 4) is 11.1 Å². The number of carbonyl (C=O) groups excluding carboxylic acids is 1. The summed E-state index contributed by atoms with van der Waals surface area (Å²) in [6, 6.07) is 19.9. The van der Waals surface area contributed by atoms with Crippen LogP contribution in [0.3, 0.4) is 0 Å². The molecule has 4 aromatic rings. The number of hydrogen-bond acceptors (Lipinski definition) is 4. The quantitative estimate of drug-likeness (QED) is 0.220. The first-order valence-electron chi connectivity index (χ1n) is 13.5. The minimum absolute atomic E-state index is 0.202. The van der Waals surface area contributed by atoms with Crippen molar-refractivity contribution in [2.24, 2.45) is 5.92 Å². The maximum atomic E-state index is 12.8. The predicted octanol–water partition coefficient (Wildman–Crippen LogP) is 6.50. The number of amides is 1. The highest BCUT2D eigenvalue weighted by Gasteiger charge is 2.35. The minimum Gasteiger partial charge on any atom is -0.755 e. The van der Waals surface area contributed by atoms with E-state index in [2.05, 4.69) is 49.6 Å². The number of aryl methyl sites for hydroxylation is 3. The van der Waals surface area contributed by atoms with Crippen LogP contribution in [0.15, 0.2) is 60.7 Å². The van der Waals surface area contributed by atoms with Gasteiger partial charge >= 0.3 is 0 Å². The summed E-state index contributed by atoms with van der Waals surface area (Å²) in [6.07, 6.45) is 5.56. The van der Waals surface area contributed by atoms with E-state index in [1.165, 1.54) is 16.6 Å². The van der Waals surface area contributed by atoms with Gasteiger partial charge in [0, 0.05) is 34.8 Å². The summed E-state index contributed by atoms with van der Waals surface area (Å²) in [5.74, 6) is -0.553. The number of nitrogens with zero attached hydrogens (tertiary/aromatic N) is 3. The second kappa shape index (κ2) is 11.2. The second-order valence-electron chi connectivity index (χ2n) is 10.2. The zero-order valence-electron chi connectivity index (χ0n) is 22.3. The third-order valence-electron chi connectivity index (χ3n) is 7.23. The maximum absolute atomic E-state index is 12.8. The lowest BCUT2D eigenvalue weighted by Gasteiger charge is -2.26. The highest BCUT2D eigenvalue weighted by molar-refractivity contribution is 7.81. The third-order valence-corrected chi connectivity index (χ3v) is 7.90. The number of benzene rings is 2. The highest BCUT2D eigenvalue weighted by Crippen LogP contribution is 2.37. The van der Waals surface area contributed by atoms with E-state index < -0.39 is 11.3 Å². The largest absolute Gasteiger partial charge is 0.755 e. The molecular weight excluding hydrogens is 494 g/mol. The van der Waals surface area contributed by atoms with Crippen molar-refractivity contribution in [3.63, 3.8) is 0 Å². The third kappa shape index (κ3) is 5.31. The van der Waals surface area contributed by atoms with Gasteiger partial charge in [0.15, 0.2) is 0 Å². The van der Waals surface area contributed by atoms with Gasteiger partial charge in [-0.05, 0) is 67.5 Å². The van der Waals surface area contributed by atoms with Crippen molar-refractivity contribution in [2.45, 2.75) is 65.8 Å². The Morgan fingerprint density at radius 2 is 1.76 bits per heavy atom. The number of para-hydroxylation sites is 1. The summed E-state index contributed by atoms with van der Waals surface area (Å²) in [6.45, 7) is 7.25. The van der Waals surface area contributed by atoms with Crippen molar-refractivity contribution in [1.82, 2.24) is 9.55 Å². The SMILES string of the molecule is CCCc1cc(C)c2cc(CCC)n(Cc3ccc(-c4ccccc4N(C(=O)C4CC4)S(=O)[O-])cc3)c2n1. The van der Waals surface area contributed by atoms with Gasteiger partial charge in [0.05, 0.1) is 17.0 Å². The molecule has 1 amide bonds. The highest BCUT2D eigenvalue weighted by atomic mass is 32.2. The van der Waals surface area contributed by atoms with Crippen LogP contribution in [0.4, 0.5) is 5.69 Å². The molecule has 1 aliphatic carbocycles. The Hall–Kier alpha value is -3.29. The zero-order chi connectivity index (χ0) is 26.8. The summed E-state index contributed by atoms with van der Waals surface area (Å²) in [7, 11) is 0. The van der Waals surface area contributed by atoms with Crippen LogP contribution in [-0.4, -0.2) is 24.2 Å². The van der Waals surface area contributed by atoms with Crippen LogP contribution in [0.1, 0.15) is 62.0 Å². The molecule has 0 aliphatic heterocycles. The monoisotopic (exact) mass is 528 g/mol. The number of fused-ring (bicyclic) bond motifs is 1. The molecule has 1 aliphatic rings. The van der Waals surface area contributed by atoms with Crippen LogP contribution in [-0.2, 0) is 35.4 Å². The molecule has 7 heteroatoms. The molecule has 6 nitrogen and oxygen atoms in total. The van der Waals surface area contributed by atoms with Gasteiger partial charge in [0.25, 0.3) is 0 Å². The fourth-order valence-corrected chi connectivity index (χ4v) is 5.77. The molecular formula is C31H34N3O3S-. The van der Waals surface area contributed by atoms with Gasteiger partial charge in [-0.3, -0.25) is 9.00 Å². The van der Waals surface area contributed by atoms with E-state index in [9.17, 15) is 13.6 Å². The minimum atomic E-state index is -2.68. The average molecular weight is 529 g/mol. The average Bonchev–Trinajstić information content (AvgIpc) is 3.70. The van der Waals surface area contributed by atoms with Crippen molar-refractivity contribution in [3.05, 3.63) is 83.2 Å². The Morgan fingerprint density at radius 3 is 2.42 bits per heavy atom. The lowest BCUT2D eigenvalue weighted by Crippen LogP contribution is -2.34. The molecule has 1 fully saturated rings. The fraction of sp³-hybridized carbons (Fsp3) is 0.355. The Bertz CT molecular complexity index is 1490. The lowest BCUT2D eigenvalue weighted by molar-refractivity contribution is -0.118. The summed E-state index contributed by atoms with van der Waals surface area (Å²) < 4.78 is 27.4. The molecule has 2 aromatic carbocycles. The van der Waals surface area contributed by atoms with E-state index >= 15 is 0 Å². The molecule has 2 heterocycles. The molecule has 0 saturated heterocycles. The molecule has 38 heavy (non-hydrogen) atoms. The Labute approximate surface area is 227 Å². The normalized spacial score (nSPS) is 14.1. The van der Waals surface area contributed by atoms with Crippen molar-refractivity contribution in [2.75, 3.05) is 4.31 Å². The summed E-state index contributed by atoms with van der Waals surface area (Å²) >= 11 is -2.68. The number of anilines is 1. The first kappa shape index (κ1) is 26.3. The predicted molar refractivity (Wildman–Crippen MR) is 153 cm³/mol. The van der Waals surface area contributed by atoms with Crippen LogP contribution in [0, 0.1) is 12.8 Å². The van der Waals surface area contributed by atoms with Crippen molar-refractivity contribution in [1.29, 1.82) is 0 Å². The number of rotatable bonds is 10. The van der Waals surface area contributed by atoms with Crippen LogP contribution in [0.5, 0.6) is 0 Å². The Balaban J connectivity index is 1.48. The van der Waals surface area contributed by atoms with E-state index in [0.717, 1.165) is 70.9 Å². The molecule has 198 valence electrons. The van der Waals surface area contributed by atoms with Gasteiger partial charge in [-0.15, -0.1) is 0 Å². The van der Waals surface area contributed by atoms with Crippen LogP contribution < -0.4 is 4.31 Å². The number of carbonyl (C=O) groups is 1. The smallest absolute Gasteiger partial charge is 0.241 e. The molecule has 5 rings (SSSR count). The molecule has 0 radical (unpaired) electrons. The van der Waals surface area contributed by atoms with Gasteiger partial charge in [-0.25, -0.2) is 9.29 Å². The maximum Gasteiger partial charge on any atom is 0.241 e. The molecule has 0 bridgehead atoms. The van der Waals surface area contributed by atoms with E-state index in [0.29, 0.717) is 12.2 Å². The number of pyridine rings is 1. The summed E-state index contributed by atoms with van der Waals surface area (Å²) in [5, 5.41) is 1.21. The van der Waals surface area contributed by atoms with Gasteiger partial charge in [-0.2, -0.15) is 0 Å². The van der Waals surface area contributed by atoms with Crippen LogP contribution in [0.25, 0.3) is 22.2 Å². The van der Waals surface area contributed by atoms with Gasteiger partial charge in [0.2, 0.25) is 5.91 Å². The molecule has 2 aromatic heterocycles. The van der Waals surface area contributed by atoms with Gasteiger partial charge in [0.1, 0.15) is 5.65 Å². The molecule has 0 spiro atoms. The van der Waals surface area contributed by atoms with Crippen LogP contribution in [0.2, 0.25) is 0 Å². The first-order chi connectivity index (χ1) is 18.4. The lowest BCUT2D eigenvalue weighted by atomic mass is 10.0. The van der Waals surface area contributed by atoms with Crippen molar-refractivity contribution >= 4 is 33.9 Å². The molecule has 0 N–H and O–H groups in total. The first-order valence-corrected chi connectivity index (χ1v) is 14.5. The Kier molecular flexibility index (Phi) is 7.77. The zero-order valence-corrected chi connectivity index (χ0v) is 23.1. The number of aromatic nitrogens is 2. The molecule has 1 atom stereocenters. The summed E-state index contributed by atoms with van der Waals surface area (Å²) in [4.78, 5) is 17.8. The topological polar surface area (TPSA) is 78.3 Å².